The minimum Gasteiger partial charge on any atom is -0.444 e. The molecule has 2 unspecified atom stereocenters. The van der Waals surface area contributed by atoms with Crippen molar-refractivity contribution in [2.45, 2.75) is 58.7 Å². The number of carbonyl (C=O) groups is 4. The molecule has 37 heavy (non-hydrogen) atoms. The van der Waals surface area contributed by atoms with E-state index in [1.807, 2.05) is 32.0 Å². The van der Waals surface area contributed by atoms with Gasteiger partial charge in [0.25, 0.3) is 5.91 Å². The number of nitrogens with one attached hydrogen (secondary N) is 2. The molecule has 2 atom stereocenters. The van der Waals surface area contributed by atoms with Crippen LogP contribution in [-0.2, 0) is 19.1 Å². The van der Waals surface area contributed by atoms with Gasteiger partial charge in [0.15, 0.2) is 0 Å². The van der Waals surface area contributed by atoms with Crippen molar-refractivity contribution in [1.29, 1.82) is 0 Å². The van der Waals surface area contributed by atoms with Crippen LogP contribution in [0.25, 0.3) is 0 Å². The number of anilines is 1. The van der Waals surface area contributed by atoms with Crippen molar-refractivity contribution >= 4 is 29.5 Å². The normalized spacial score (nSPS) is 12.7. The summed E-state index contributed by atoms with van der Waals surface area (Å²) in [5, 5.41) is 15.1. The van der Waals surface area contributed by atoms with Crippen LogP contribution in [0.5, 0.6) is 0 Å². The van der Waals surface area contributed by atoms with E-state index in [0.717, 1.165) is 16.0 Å². The molecule has 0 saturated heterocycles. The number of alkyl carbamates (subject to hydrolysis) is 1. The summed E-state index contributed by atoms with van der Waals surface area (Å²) < 4.78 is 5.24. The first-order valence-corrected chi connectivity index (χ1v) is 11.9. The van der Waals surface area contributed by atoms with Gasteiger partial charge in [0.1, 0.15) is 17.7 Å². The minimum atomic E-state index is -1.42. The highest BCUT2D eigenvalue weighted by Crippen LogP contribution is 2.27. The maximum absolute atomic E-state index is 13.7. The molecule has 10 heteroatoms. The van der Waals surface area contributed by atoms with E-state index in [9.17, 15) is 24.3 Å². The first-order valence-electron chi connectivity index (χ1n) is 11.9. The van der Waals surface area contributed by atoms with Crippen LogP contribution in [0.2, 0.25) is 0 Å². The summed E-state index contributed by atoms with van der Waals surface area (Å²) >= 11 is 0. The Balaban J connectivity index is 2.50. The fourth-order valence-corrected chi connectivity index (χ4v) is 3.84. The zero-order chi connectivity index (χ0) is 27.8. The summed E-state index contributed by atoms with van der Waals surface area (Å²) in [7, 11) is 0. The molecule has 0 saturated carbocycles. The first-order chi connectivity index (χ1) is 17.3. The van der Waals surface area contributed by atoms with Crippen molar-refractivity contribution in [3.05, 3.63) is 65.2 Å². The van der Waals surface area contributed by atoms with Gasteiger partial charge in [-0.05, 0) is 51.3 Å². The molecule has 0 fully saturated rings. The van der Waals surface area contributed by atoms with Crippen molar-refractivity contribution in [2.24, 2.45) is 5.73 Å². The lowest BCUT2D eigenvalue weighted by Gasteiger charge is -2.34. The fraction of sp³-hybridized carbons (Fsp3) is 0.407. The van der Waals surface area contributed by atoms with E-state index in [1.165, 1.54) is 0 Å². The maximum Gasteiger partial charge on any atom is 0.408 e. The smallest absolute Gasteiger partial charge is 0.408 e. The SMILES string of the molecule is Cc1cccc(C)c1NC(=O)C(c1ccccc1)N(CCO)C(=O)C(CC(N)=O)NC(=O)OC(C)(C)C. The molecule has 5 N–H and O–H groups in total. The molecule has 0 aliphatic heterocycles. The lowest BCUT2D eigenvalue weighted by molar-refractivity contribution is -0.142. The Morgan fingerprint density at radius 1 is 1.00 bits per heavy atom. The summed E-state index contributed by atoms with van der Waals surface area (Å²) in [6, 6.07) is 11.5. The topological polar surface area (TPSA) is 151 Å². The second-order valence-electron chi connectivity index (χ2n) is 9.69. The van der Waals surface area contributed by atoms with Gasteiger partial charge >= 0.3 is 6.09 Å². The molecule has 0 spiro atoms. The Bertz CT molecular complexity index is 1090. The van der Waals surface area contributed by atoms with Crippen molar-refractivity contribution in [3.63, 3.8) is 0 Å². The maximum atomic E-state index is 13.7. The predicted molar refractivity (Wildman–Crippen MR) is 139 cm³/mol. The molecule has 2 aromatic carbocycles. The summed E-state index contributed by atoms with van der Waals surface area (Å²) in [4.78, 5) is 52.8. The fourth-order valence-electron chi connectivity index (χ4n) is 3.84. The second-order valence-corrected chi connectivity index (χ2v) is 9.69. The summed E-state index contributed by atoms with van der Waals surface area (Å²) in [6.07, 6.45) is -1.45. The van der Waals surface area contributed by atoms with Gasteiger partial charge in [0.2, 0.25) is 11.8 Å². The van der Waals surface area contributed by atoms with E-state index in [2.05, 4.69) is 10.6 Å². The number of hydrogen-bond donors (Lipinski definition) is 4. The standard InChI is InChI=1S/C27H36N4O6/c1-17-10-9-11-18(2)22(17)30-24(34)23(19-12-7-6-8-13-19)31(14-15-32)25(35)20(16-21(28)33)29-26(36)37-27(3,4)5/h6-13,20,23,32H,14-16H2,1-5H3,(H2,28,33)(H,29,36)(H,30,34). The number of nitrogens with two attached hydrogens (primary N) is 1. The molecule has 2 aromatic rings. The van der Waals surface area contributed by atoms with Gasteiger partial charge in [-0.25, -0.2) is 4.79 Å². The van der Waals surface area contributed by atoms with Gasteiger partial charge in [-0.2, -0.15) is 0 Å². The van der Waals surface area contributed by atoms with E-state index in [1.54, 1.807) is 51.1 Å². The van der Waals surface area contributed by atoms with Crippen LogP contribution < -0.4 is 16.4 Å². The van der Waals surface area contributed by atoms with E-state index < -0.39 is 54.5 Å². The molecule has 10 nitrogen and oxygen atoms in total. The third-order valence-corrected chi connectivity index (χ3v) is 5.42. The monoisotopic (exact) mass is 512 g/mol. The molecule has 0 bridgehead atoms. The minimum absolute atomic E-state index is 0.246. The number of nitrogens with zero attached hydrogens (tertiary/aromatic N) is 1. The number of rotatable bonds is 10. The summed E-state index contributed by atoms with van der Waals surface area (Å²) in [5.41, 5.74) is 7.25. The zero-order valence-corrected chi connectivity index (χ0v) is 21.9. The highest BCUT2D eigenvalue weighted by molar-refractivity contribution is 6.00. The highest BCUT2D eigenvalue weighted by Gasteiger charge is 2.37. The van der Waals surface area contributed by atoms with Crippen LogP contribution in [-0.4, -0.2) is 58.6 Å². The predicted octanol–water partition coefficient (Wildman–Crippen LogP) is 2.57. The van der Waals surface area contributed by atoms with Gasteiger partial charge in [-0.1, -0.05) is 48.5 Å². The van der Waals surface area contributed by atoms with E-state index in [0.29, 0.717) is 11.3 Å². The number of aliphatic hydroxyl groups excluding tert-OH is 1. The van der Waals surface area contributed by atoms with Crippen LogP contribution in [0.15, 0.2) is 48.5 Å². The van der Waals surface area contributed by atoms with E-state index in [-0.39, 0.29) is 6.54 Å². The van der Waals surface area contributed by atoms with Crippen LogP contribution in [0.3, 0.4) is 0 Å². The Hall–Kier alpha value is -3.92. The quantitative estimate of drug-likeness (QED) is 0.384. The molecule has 2 rings (SSSR count). The molecule has 4 amide bonds. The van der Waals surface area contributed by atoms with E-state index >= 15 is 0 Å². The zero-order valence-electron chi connectivity index (χ0n) is 21.9. The summed E-state index contributed by atoms with van der Waals surface area (Å²) in [6.45, 7) is 7.94. The van der Waals surface area contributed by atoms with Crippen molar-refractivity contribution in [2.75, 3.05) is 18.5 Å². The number of ether oxygens (including phenoxy) is 1. The van der Waals surface area contributed by atoms with Crippen molar-refractivity contribution < 1.29 is 29.0 Å². The number of aliphatic hydroxyl groups is 1. The van der Waals surface area contributed by atoms with Crippen LogP contribution >= 0.6 is 0 Å². The van der Waals surface area contributed by atoms with Crippen molar-refractivity contribution in [1.82, 2.24) is 10.2 Å². The molecular formula is C27H36N4O6. The number of carbonyl (C=O) groups excluding carboxylic acids is 4. The summed E-state index contributed by atoms with van der Waals surface area (Å²) in [5.74, 6) is -2.14. The van der Waals surface area contributed by atoms with Crippen LogP contribution in [0.1, 0.15) is 49.9 Å². The third kappa shape index (κ3) is 8.60. The lowest BCUT2D eigenvalue weighted by atomic mass is 10.0. The van der Waals surface area contributed by atoms with Gasteiger partial charge in [0.05, 0.1) is 13.0 Å². The molecule has 0 aliphatic carbocycles. The van der Waals surface area contributed by atoms with Crippen LogP contribution in [0, 0.1) is 13.8 Å². The largest absolute Gasteiger partial charge is 0.444 e. The molecular weight excluding hydrogens is 476 g/mol. The van der Waals surface area contributed by atoms with Gasteiger partial charge < -0.3 is 31.1 Å². The number of benzene rings is 2. The second kappa shape index (κ2) is 12.9. The van der Waals surface area contributed by atoms with Crippen LogP contribution in [0.4, 0.5) is 10.5 Å². The Morgan fingerprint density at radius 3 is 2.11 bits per heavy atom. The average Bonchev–Trinajstić information content (AvgIpc) is 2.79. The lowest BCUT2D eigenvalue weighted by Crippen LogP contribution is -2.54. The van der Waals surface area contributed by atoms with Gasteiger partial charge in [-0.3, -0.25) is 14.4 Å². The molecule has 0 radical (unpaired) electrons. The first kappa shape index (κ1) is 29.3. The number of aryl methyl sites for hydroxylation is 2. The number of amides is 4. The Labute approximate surface area is 217 Å². The van der Waals surface area contributed by atoms with Gasteiger partial charge in [0, 0.05) is 12.2 Å². The third-order valence-electron chi connectivity index (χ3n) is 5.42. The van der Waals surface area contributed by atoms with E-state index in [4.69, 9.17) is 10.5 Å². The number of para-hydroxylation sites is 1. The van der Waals surface area contributed by atoms with Gasteiger partial charge in [-0.15, -0.1) is 0 Å². The molecule has 0 heterocycles. The Morgan fingerprint density at radius 2 is 1.59 bits per heavy atom. The molecule has 0 aromatic heterocycles. The number of primary amides is 1. The average molecular weight is 513 g/mol. The Kier molecular flexibility index (Phi) is 10.2. The highest BCUT2D eigenvalue weighted by atomic mass is 16.6. The molecule has 200 valence electrons. The van der Waals surface area contributed by atoms with Crippen molar-refractivity contribution in [3.8, 4) is 0 Å². The molecule has 0 aliphatic rings. The number of hydrogen-bond acceptors (Lipinski definition) is 6.